The summed E-state index contributed by atoms with van der Waals surface area (Å²) < 4.78 is 33.8. The molecule has 3 N–H and O–H groups in total. The Kier molecular flexibility index (Phi) is 8.16. The third-order valence-electron chi connectivity index (χ3n) is 9.15. The normalized spacial score (nSPS) is 18.0. The summed E-state index contributed by atoms with van der Waals surface area (Å²) in [7, 11) is 0. The van der Waals surface area contributed by atoms with Crippen LogP contribution < -0.4 is 15.5 Å². The number of rotatable bonds is 6. The average molecular weight is 700 g/mol. The highest BCUT2D eigenvalue weighted by Crippen LogP contribution is 2.41. The van der Waals surface area contributed by atoms with Gasteiger partial charge in [-0.25, -0.2) is 14.8 Å². The summed E-state index contributed by atoms with van der Waals surface area (Å²) in [5, 5.41) is 16.2. The van der Waals surface area contributed by atoms with Crippen molar-refractivity contribution in [3.8, 4) is 11.1 Å². The quantitative estimate of drug-likeness (QED) is 0.257. The number of nitrogens with one attached hydrogen (secondary N) is 2. The molecule has 1 atom stereocenters. The number of carboxylic acid groups (broad SMARTS) is 1. The van der Waals surface area contributed by atoms with Gasteiger partial charge in [-0.3, -0.25) is 14.9 Å². The summed E-state index contributed by atoms with van der Waals surface area (Å²) in [4.78, 5) is 49.4. The summed E-state index contributed by atoms with van der Waals surface area (Å²) in [5.41, 5.74) is 6.44. The molecule has 0 radical (unpaired) electrons. The van der Waals surface area contributed by atoms with E-state index in [1.807, 2.05) is 12.1 Å². The first kappa shape index (κ1) is 32.1. The van der Waals surface area contributed by atoms with Crippen LogP contribution in [-0.2, 0) is 29.1 Å². The summed E-state index contributed by atoms with van der Waals surface area (Å²) in [6, 6.07) is 11.4. The maximum Gasteiger partial charge on any atom is 0.490 e. The van der Waals surface area contributed by atoms with Gasteiger partial charge in [0.05, 0.1) is 12.0 Å². The number of anilines is 2. The standard InChI is InChI=1S/C30H28ClN7O2S.C2HF3O2/c31-23-11-19(18-3-5-20(6-4-18)37-15-30(16-37)13-32-14-30)10-21-22(23)12-38(28(21)40)26(27(39)35-29-33-7-9-41-29)25-24-2-1-8-36(24)17-34-25;3-2(4,5)1(6)7/h3-7,9-11,17,26,32H,1-2,8,12-16H2,(H,33,35,39);(H,6,7). The summed E-state index contributed by atoms with van der Waals surface area (Å²) in [5.74, 6) is -3.31. The number of imidazole rings is 1. The Morgan fingerprint density at radius 3 is 2.46 bits per heavy atom. The van der Waals surface area contributed by atoms with Crippen molar-refractivity contribution in [1.82, 2.24) is 24.8 Å². The molecule has 4 aliphatic rings. The number of carbonyl (C=O) groups is 3. The Morgan fingerprint density at radius 2 is 1.83 bits per heavy atom. The van der Waals surface area contributed by atoms with Gasteiger partial charge in [0.1, 0.15) is 0 Å². The number of aryl methyl sites for hydroxylation is 1. The second-order valence-electron chi connectivity index (χ2n) is 12.3. The van der Waals surface area contributed by atoms with E-state index in [0.29, 0.717) is 26.8 Å². The number of aromatic nitrogens is 3. The Balaban J connectivity index is 0.000000473. The molecule has 0 aliphatic carbocycles. The molecular formula is C32H29ClF3N7O4S. The van der Waals surface area contributed by atoms with Gasteiger partial charge in [-0.2, -0.15) is 13.2 Å². The van der Waals surface area contributed by atoms with Gasteiger partial charge in [-0.15, -0.1) is 11.3 Å². The van der Waals surface area contributed by atoms with Gasteiger partial charge in [0.2, 0.25) is 0 Å². The summed E-state index contributed by atoms with van der Waals surface area (Å²) in [6.07, 6.45) is 0.137. The molecular weight excluding hydrogens is 671 g/mol. The van der Waals surface area contributed by atoms with Crippen molar-refractivity contribution in [2.24, 2.45) is 5.41 Å². The lowest BCUT2D eigenvalue weighted by atomic mass is 9.74. The van der Waals surface area contributed by atoms with Crippen molar-refractivity contribution in [3.05, 3.63) is 81.8 Å². The second-order valence-corrected chi connectivity index (χ2v) is 13.6. The molecule has 2 saturated heterocycles. The fourth-order valence-corrected chi connectivity index (χ4v) is 7.49. The summed E-state index contributed by atoms with van der Waals surface area (Å²) >= 11 is 8.16. The number of hydrogen-bond donors (Lipinski definition) is 3. The molecule has 0 bridgehead atoms. The lowest BCUT2D eigenvalue weighted by Gasteiger charge is -2.57. The fraction of sp³-hybridized carbons (Fsp3) is 0.344. The third-order valence-corrected chi connectivity index (χ3v) is 10.2. The van der Waals surface area contributed by atoms with Gasteiger partial charge in [0.15, 0.2) is 11.2 Å². The monoisotopic (exact) mass is 699 g/mol. The van der Waals surface area contributed by atoms with E-state index in [0.717, 1.165) is 67.9 Å². The largest absolute Gasteiger partial charge is 0.490 e. The molecule has 8 rings (SSSR count). The number of thiazole rings is 1. The van der Waals surface area contributed by atoms with Crippen LogP contribution >= 0.6 is 22.9 Å². The smallest absolute Gasteiger partial charge is 0.475 e. The molecule has 0 saturated carbocycles. The average Bonchev–Trinajstić information content (AvgIpc) is 3.80. The lowest BCUT2D eigenvalue weighted by molar-refractivity contribution is -0.192. The van der Waals surface area contributed by atoms with Crippen molar-refractivity contribution in [1.29, 1.82) is 0 Å². The number of hydrogen-bond acceptors (Lipinski definition) is 8. The van der Waals surface area contributed by atoms with Crippen molar-refractivity contribution < 1.29 is 32.7 Å². The van der Waals surface area contributed by atoms with Gasteiger partial charge in [-0.05, 0) is 48.2 Å². The van der Waals surface area contributed by atoms with Crippen molar-refractivity contribution in [3.63, 3.8) is 0 Å². The number of amides is 2. The molecule has 2 aromatic carbocycles. The third kappa shape index (κ3) is 5.90. The van der Waals surface area contributed by atoms with Crippen LogP contribution in [0, 0.1) is 5.41 Å². The molecule has 11 nitrogen and oxygen atoms in total. The Labute approximate surface area is 281 Å². The van der Waals surface area contributed by atoms with E-state index in [1.54, 1.807) is 22.8 Å². The van der Waals surface area contributed by atoms with Crippen LogP contribution in [0.1, 0.15) is 39.8 Å². The number of halogens is 4. The molecule has 250 valence electrons. The minimum atomic E-state index is -5.08. The van der Waals surface area contributed by atoms with Crippen LogP contribution in [0.3, 0.4) is 0 Å². The van der Waals surface area contributed by atoms with Gasteiger partial charge in [0.25, 0.3) is 11.8 Å². The topological polar surface area (TPSA) is 133 Å². The van der Waals surface area contributed by atoms with E-state index in [2.05, 4.69) is 54.3 Å². The van der Waals surface area contributed by atoms with Gasteiger partial charge >= 0.3 is 12.1 Å². The molecule has 1 spiro atoms. The van der Waals surface area contributed by atoms with E-state index in [9.17, 15) is 22.8 Å². The number of benzene rings is 2. The van der Waals surface area contributed by atoms with Crippen LogP contribution in [0.5, 0.6) is 0 Å². The van der Waals surface area contributed by atoms with Crippen LogP contribution in [0.2, 0.25) is 5.02 Å². The Bertz CT molecular complexity index is 1890. The van der Waals surface area contributed by atoms with E-state index in [1.165, 1.54) is 17.0 Å². The molecule has 16 heteroatoms. The van der Waals surface area contributed by atoms with Gasteiger partial charge in [0, 0.05) is 83.8 Å². The molecule has 2 aromatic heterocycles. The number of carbonyl (C=O) groups excluding carboxylic acids is 2. The van der Waals surface area contributed by atoms with Crippen molar-refractivity contribution >= 4 is 51.5 Å². The van der Waals surface area contributed by atoms with Crippen LogP contribution in [0.4, 0.5) is 24.0 Å². The molecule has 1 unspecified atom stereocenters. The highest BCUT2D eigenvalue weighted by atomic mass is 35.5. The highest BCUT2D eigenvalue weighted by Gasteiger charge is 2.47. The first-order chi connectivity index (χ1) is 22.9. The predicted octanol–water partition coefficient (Wildman–Crippen LogP) is 4.98. The van der Waals surface area contributed by atoms with Crippen LogP contribution in [0.25, 0.3) is 11.1 Å². The van der Waals surface area contributed by atoms with E-state index < -0.39 is 18.2 Å². The van der Waals surface area contributed by atoms with Crippen LogP contribution in [0.15, 0.2) is 54.3 Å². The molecule has 2 fully saturated rings. The van der Waals surface area contributed by atoms with Crippen molar-refractivity contribution in [2.45, 2.75) is 38.1 Å². The second kappa shape index (κ2) is 12.2. The SMILES string of the molecule is O=C(Nc1nccs1)C(c1ncn2c1CCC2)N1Cc2c(Cl)cc(-c3ccc(N4CC5(CNC5)C4)cc3)cc2C1=O.O=C(O)C(F)(F)F. The van der Waals surface area contributed by atoms with Gasteiger partial charge in [-0.1, -0.05) is 23.7 Å². The fourth-order valence-electron chi connectivity index (χ4n) is 6.68. The highest BCUT2D eigenvalue weighted by molar-refractivity contribution is 7.13. The van der Waals surface area contributed by atoms with E-state index >= 15 is 0 Å². The zero-order valence-corrected chi connectivity index (χ0v) is 26.8. The minimum absolute atomic E-state index is 0.223. The van der Waals surface area contributed by atoms with Crippen LogP contribution in [-0.4, -0.2) is 74.7 Å². The first-order valence-electron chi connectivity index (χ1n) is 15.2. The predicted molar refractivity (Wildman–Crippen MR) is 172 cm³/mol. The molecule has 2 amide bonds. The molecule has 48 heavy (non-hydrogen) atoms. The zero-order valence-electron chi connectivity index (χ0n) is 25.3. The maximum atomic E-state index is 14.0. The molecule has 4 aromatic rings. The summed E-state index contributed by atoms with van der Waals surface area (Å²) in [6.45, 7) is 5.49. The number of carboxylic acids is 1. The minimum Gasteiger partial charge on any atom is -0.475 e. The number of alkyl halides is 3. The number of fused-ring (bicyclic) bond motifs is 2. The van der Waals surface area contributed by atoms with Crippen molar-refractivity contribution in [2.75, 3.05) is 36.4 Å². The number of aliphatic carboxylic acids is 1. The Hall–Kier alpha value is -4.47. The van der Waals surface area contributed by atoms with Gasteiger partial charge < -0.3 is 24.8 Å². The number of nitrogens with zero attached hydrogens (tertiary/aromatic N) is 5. The zero-order chi connectivity index (χ0) is 33.8. The van der Waals surface area contributed by atoms with E-state index in [4.69, 9.17) is 21.5 Å². The maximum absolute atomic E-state index is 14.0. The molecule has 4 aliphatic heterocycles. The first-order valence-corrected chi connectivity index (χ1v) is 16.4. The van der Waals surface area contributed by atoms with E-state index in [-0.39, 0.29) is 18.4 Å². The lowest BCUT2D eigenvalue weighted by Crippen LogP contribution is -2.71. The molecule has 6 heterocycles. The Morgan fingerprint density at radius 1 is 1.10 bits per heavy atom.